The molecule has 0 aliphatic heterocycles. The van der Waals surface area contributed by atoms with E-state index in [1.807, 2.05) is 6.20 Å². The lowest BCUT2D eigenvalue weighted by molar-refractivity contribution is 0.0290. The van der Waals surface area contributed by atoms with Gasteiger partial charge in [0.1, 0.15) is 18.0 Å². The van der Waals surface area contributed by atoms with Crippen molar-refractivity contribution >= 4 is 11.0 Å². The molecule has 2 N–H and O–H groups in total. The molecule has 0 fully saturated rings. The molecule has 2 rings (SSSR count). The summed E-state index contributed by atoms with van der Waals surface area (Å²) in [6.07, 6.45) is 7.39. The SMILES string of the molecule is [C-]#[N+]/C=C\Cc1c[nH]c2nccc(OCC(C)(C)O)c12. The summed E-state index contributed by atoms with van der Waals surface area (Å²) < 4.78 is 5.69. The fourth-order valence-electron chi connectivity index (χ4n) is 1.86. The molecule has 0 radical (unpaired) electrons. The number of nitrogens with one attached hydrogen (secondary N) is 1. The predicted molar refractivity (Wildman–Crippen MR) is 77.3 cm³/mol. The van der Waals surface area contributed by atoms with Gasteiger partial charge in [-0.05, 0) is 31.9 Å². The largest absolute Gasteiger partial charge is 0.490 e. The minimum absolute atomic E-state index is 0.203. The van der Waals surface area contributed by atoms with E-state index in [4.69, 9.17) is 11.3 Å². The van der Waals surface area contributed by atoms with Crippen LogP contribution in [0.5, 0.6) is 5.75 Å². The monoisotopic (exact) mass is 271 g/mol. The van der Waals surface area contributed by atoms with Gasteiger partial charge in [-0.1, -0.05) is 6.08 Å². The zero-order chi connectivity index (χ0) is 14.6. The van der Waals surface area contributed by atoms with Crippen LogP contribution in [0.1, 0.15) is 19.4 Å². The third kappa shape index (κ3) is 3.37. The molecule has 0 saturated heterocycles. The molecule has 2 heterocycles. The Hall–Kier alpha value is -2.32. The minimum Gasteiger partial charge on any atom is -0.490 e. The normalized spacial score (nSPS) is 11.9. The second-order valence-electron chi connectivity index (χ2n) is 5.17. The molecule has 0 unspecified atom stereocenters. The highest BCUT2D eigenvalue weighted by atomic mass is 16.5. The van der Waals surface area contributed by atoms with E-state index in [0.717, 1.165) is 16.6 Å². The summed E-state index contributed by atoms with van der Waals surface area (Å²) in [4.78, 5) is 10.5. The van der Waals surface area contributed by atoms with Crippen molar-refractivity contribution in [2.45, 2.75) is 25.9 Å². The number of hydrogen-bond acceptors (Lipinski definition) is 3. The average molecular weight is 271 g/mol. The number of ether oxygens (including phenoxy) is 1. The Labute approximate surface area is 117 Å². The van der Waals surface area contributed by atoms with Crippen LogP contribution in [0.15, 0.2) is 30.7 Å². The van der Waals surface area contributed by atoms with Crippen LogP contribution >= 0.6 is 0 Å². The number of allylic oxidation sites excluding steroid dienone is 1. The maximum Gasteiger partial charge on any atom is 0.150 e. The van der Waals surface area contributed by atoms with Crippen LogP contribution in [0.2, 0.25) is 0 Å². The molecule has 20 heavy (non-hydrogen) atoms. The van der Waals surface area contributed by atoms with Crippen LogP contribution < -0.4 is 4.74 Å². The van der Waals surface area contributed by atoms with Crippen molar-refractivity contribution in [3.8, 4) is 5.75 Å². The summed E-state index contributed by atoms with van der Waals surface area (Å²) >= 11 is 0. The van der Waals surface area contributed by atoms with Gasteiger partial charge in [0.2, 0.25) is 0 Å². The molecule has 5 heteroatoms. The second-order valence-corrected chi connectivity index (χ2v) is 5.17. The number of aliphatic hydroxyl groups is 1. The number of aromatic amines is 1. The third-order valence-corrected chi connectivity index (χ3v) is 2.72. The number of H-pyrrole nitrogens is 1. The van der Waals surface area contributed by atoms with Crippen molar-refractivity contribution in [2.75, 3.05) is 6.61 Å². The highest BCUT2D eigenvalue weighted by Crippen LogP contribution is 2.28. The molecule has 0 atom stereocenters. The molecule has 0 aliphatic rings. The van der Waals surface area contributed by atoms with E-state index in [2.05, 4.69) is 14.8 Å². The van der Waals surface area contributed by atoms with Crippen molar-refractivity contribution in [1.82, 2.24) is 9.97 Å². The van der Waals surface area contributed by atoms with Gasteiger partial charge in [0, 0.05) is 12.4 Å². The van der Waals surface area contributed by atoms with E-state index in [1.54, 1.807) is 32.2 Å². The molecule has 5 nitrogen and oxygen atoms in total. The molecule has 0 amide bonds. The van der Waals surface area contributed by atoms with E-state index in [9.17, 15) is 5.11 Å². The van der Waals surface area contributed by atoms with Crippen LogP contribution in [0.4, 0.5) is 0 Å². The Kier molecular flexibility index (Phi) is 4.06. The molecule has 2 aromatic rings. The van der Waals surface area contributed by atoms with Crippen molar-refractivity contribution < 1.29 is 9.84 Å². The van der Waals surface area contributed by atoms with Gasteiger partial charge in [0.05, 0.1) is 17.6 Å². The van der Waals surface area contributed by atoms with Gasteiger partial charge >= 0.3 is 0 Å². The number of pyridine rings is 1. The zero-order valence-electron chi connectivity index (χ0n) is 11.6. The van der Waals surface area contributed by atoms with Crippen molar-refractivity contribution in [3.63, 3.8) is 0 Å². The quantitative estimate of drug-likeness (QED) is 0.822. The van der Waals surface area contributed by atoms with Gasteiger partial charge in [-0.2, -0.15) is 0 Å². The van der Waals surface area contributed by atoms with E-state index in [0.29, 0.717) is 12.2 Å². The first-order valence-electron chi connectivity index (χ1n) is 6.33. The standard InChI is InChI=1S/C15H17N3O2/c1-15(2,19)10-20-12-6-8-17-14-13(12)11(9-18-14)5-4-7-16-3/h4,6-9,19H,5,10H2,1-2H3,(H,17,18)/b7-4-. The average Bonchev–Trinajstić information content (AvgIpc) is 2.80. The van der Waals surface area contributed by atoms with E-state index in [1.165, 1.54) is 6.20 Å². The summed E-state index contributed by atoms with van der Waals surface area (Å²) in [6.45, 7) is 10.3. The number of fused-ring (bicyclic) bond motifs is 1. The van der Waals surface area contributed by atoms with Crippen LogP contribution in [-0.4, -0.2) is 27.3 Å². The molecular formula is C15H17N3O2. The second kappa shape index (κ2) is 5.76. The Morgan fingerprint density at radius 1 is 1.55 bits per heavy atom. The van der Waals surface area contributed by atoms with Crippen molar-refractivity contribution in [1.29, 1.82) is 0 Å². The molecule has 0 aliphatic carbocycles. The van der Waals surface area contributed by atoms with E-state index in [-0.39, 0.29) is 6.61 Å². The van der Waals surface area contributed by atoms with Gasteiger partial charge in [0.15, 0.2) is 6.20 Å². The third-order valence-electron chi connectivity index (χ3n) is 2.72. The van der Waals surface area contributed by atoms with Gasteiger partial charge in [-0.25, -0.2) is 9.83 Å². The van der Waals surface area contributed by atoms with Crippen LogP contribution in [0.25, 0.3) is 15.9 Å². The first-order valence-corrected chi connectivity index (χ1v) is 6.33. The fourth-order valence-corrected chi connectivity index (χ4v) is 1.86. The summed E-state index contributed by atoms with van der Waals surface area (Å²) in [5.41, 5.74) is 0.860. The smallest absolute Gasteiger partial charge is 0.150 e. The number of nitrogens with zero attached hydrogens (tertiary/aromatic N) is 2. The molecule has 0 spiro atoms. The maximum atomic E-state index is 9.75. The Morgan fingerprint density at radius 2 is 2.35 bits per heavy atom. The molecule has 0 bridgehead atoms. The molecule has 0 saturated carbocycles. The zero-order valence-corrected chi connectivity index (χ0v) is 11.6. The number of aromatic nitrogens is 2. The Bertz CT molecular complexity index is 660. The molecular weight excluding hydrogens is 254 g/mol. The number of rotatable bonds is 5. The van der Waals surface area contributed by atoms with E-state index >= 15 is 0 Å². The molecule has 104 valence electrons. The number of hydrogen-bond donors (Lipinski definition) is 2. The summed E-state index contributed by atoms with van der Waals surface area (Å²) in [5.74, 6) is 0.685. The summed E-state index contributed by atoms with van der Waals surface area (Å²) in [6, 6.07) is 1.78. The summed E-state index contributed by atoms with van der Waals surface area (Å²) in [7, 11) is 0. The van der Waals surface area contributed by atoms with Gasteiger partial charge in [-0.3, -0.25) is 0 Å². The van der Waals surface area contributed by atoms with Crippen molar-refractivity contribution in [2.24, 2.45) is 0 Å². The highest BCUT2D eigenvalue weighted by molar-refractivity contribution is 5.86. The lowest BCUT2D eigenvalue weighted by Crippen LogP contribution is -2.27. The lowest BCUT2D eigenvalue weighted by Gasteiger charge is -2.18. The topological polar surface area (TPSA) is 62.5 Å². The Morgan fingerprint density at radius 3 is 3.05 bits per heavy atom. The fraction of sp³-hybridized carbons (Fsp3) is 0.333. The van der Waals surface area contributed by atoms with Gasteiger partial charge in [-0.15, -0.1) is 0 Å². The van der Waals surface area contributed by atoms with Gasteiger partial charge < -0.3 is 14.8 Å². The summed E-state index contributed by atoms with van der Waals surface area (Å²) in [5, 5.41) is 10.6. The van der Waals surface area contributed by atoms with Crippen LogP contribution in [0.3, 0.4) is 0 Å². The highest BCUT2D eigenvalue weighted by Gasteiger charge is 2.16. The predicted octanol–water partition coefficient (Wildman–Crippen LogP) is 2.69. The minimum atomic E-state index is -0.893. The lowest BCUT2D eigenvalue weighted by atomic mass is 10.1. The van der Waals surface area contributed by atoms with Crippen LogP contribution in [0, 0.1) is 6.57 Å². The first-order chi connectivity index (χ1) is 9.51. The maximum absolute atomic E-state index is 9.75. The Balaban J connectivity index is 2.32. The molecule has 2 aromatic heterocycles. The molecule has 0 aromatic carbocycles. The van der Waals surface area contributed by atoms with E-state index < -0.39 is 5.60 Å². The van der Waals surface area contributed by atoms with Crippen molar-refractivity contribution in [3.05, 3.63) is 47.7 Å². The first kappa shape index (κ1) is 14.1. The van der Waals surface area contributed by atoms with Crippen LogP contribution in [-0.2, 0) is 6.42 Å². The van der Waals surface area contributed by atoms with Gasteiger partial charge in [0.25, 0.3) is 0 Å².